The number of fused-ring (bicyclic) bond motifs is 1. The van der Waals surface area contributed by atoms with Gasteiger partial charge in [-0.15, -0.1) is 23.1 Å². The van der Waals surface area contributed by atoms with Crippen LogP contribution in [0, 0.1) is 0 Å². The van der Waals surface area contributed by atoms with Crippen LogP contribution in [0.15, 0.2) is 51.7 Å². The van der Waals surface area contributed by atoms with Crippen LogP contribution >= 0.6 is 35.0 Å². The van der Waals surface area contributed by atoms with Crippen molar-refractivity contribution >= 4 is 74.8 Å². The van der Waals surface area contributed by atoms with E-state index >= 15 is 0 Å². The smallest absolute Gasteiger partial charge is 0.316 e. The second-order valence-corrected chi connectivity index (χ2v) is 11.5. The summed E-state index contributed by atoms with van der Waals surface area (Å²) in [5.41, 5.74) is 4.42. The number of thiazole rings is 1. The lowest BCUT2D eigenvalue weighted by Gasteiger charge is -2.27. The van der Waals surface area contributed by atoms with Crippen molar-refractivity contribution in [2.75, 3.05) is 40.5 Å². The predicted molar refractivity (Wildman–Crippen MR) is 135 cm³/mol. The summed E-state index contributed by atoms with van der Waals surface area (Å²) in [6.07, 6.45) is 8.12. The van der Waals surface area contributed by atoms with Crippen LogP contribution in [0.4, 0.5) is 11.4 Å². The summed E-state index contributed by atoms with van der Waals surface area (Å²) < 4.78 is 14.3. The lowest BCUT2D eigenvalue weighted by molar-refractivity contribution is -0.133. The van der Waals surface area contributed by atoms with Crippen LogP contribution in [0.1, 0.15) is 10.6 Å². The van der Waals surface area contributed by atoms with E-state index in [0.29, 0.717) is 6.54 Å². The molecule has 4 rings (SSSR count). The molecule has 2 aliphatic heterocycles. The normalized spacial score (nSPS) is 16.4. The van der Waals surface area contributed by atoms with Gasteiger partial charge in [-0.3, -0.25) is 9.00 Å². The molecule has 10 heteroatoms. The number of benzene rings is 1. The van der Waals surface area contributed by atoms with E-state index in [0.717, 1.165) is 37.5 Å². The van der Waals surface area contributed by atoms with Gasteiger partial charge in [0.25, 0.3) is 0 Å². The van der Waals surface area contributed by atoms with Crippen molar-refractivity contribution < 1.29 is 14.1 Å². The number of allylic oxidation sites excluding steroid dienone is 1. The summed E-state index contributed by atoms with van der Waals surface area (Å²) in [5, 5.41) is 15.5. The minimum atomic E-state index is -1.42. The number of thioether (sulfide) groups is 1. The Balaban J connectivity index is 1.56. The molecule has 2 N–H and O–H groups in total. The predicted octanol–water partition coefficient (Wildman–Crippen LogP) is 4.54. The van der Waals surface area contributed by atoms with E-state index < -0.39 is 16.8 Å². The Bertz CT molecular complexity index is 1090. The zero-order valence-electron chi connectivity index (χ0n) is 16.7. The number of carboxylic acid groups (broad SMARTS) is 1. The number of hydrogen-bond donors (Lipinski definition) is 2. The first-order chi connectivity index (χ1) is 15.0. The van der Waals surface area contributed by atoms with E-state index in [1.54, 1.807) is 35.0 Å². The molecule has 3 heterocycles. The standard InChI is InChI=1S/C21H21N3O3S4/c1-24(30-17-6-3-8-28-18(17)12-31(27)13-19(25)26)16-5-2-4-14-10-15(11-23-20(14)16)21-22-7-9-29-21/h2-7,9-10,23H,8,11-13H2,1H3,(H,25,26). The third-order valence-corrected chi connectivity index (χ3v) is 9.08. The molecule has 0 aliphatic carbocycles. The van der Waals surface area contributed by atoms with E-state index in [2.05, 4.69) is 38.9 Å². The third-order valence-electron chi connectivity index (χ3n) is 4.62. The van der Waals surface area contributed by atoms with Crippen molar-refractivity contribution in [2.24, 2.45) is 0 Å². The topological polar surface area (TPSA) is 82.5 Å². The molecule has 162 valence electrons. The minimum Gasteiger partial charge on any atom is -0.481 e. The number of aromatic nitrogens is 1. The number of hydrogen-bond acceptors (Lipinski definition) is 8. The van der Waals surface area contributed by atoms with Gasteiger partial charge in [0.05, 0.1) is 17.1 Å². The fourth-order valence-corrected chi connectivity index (χ4v) is 7.34. The van der Waals surface area contributed by atoms with E-state index in [9.17, 15) is 9.00 Å². The van der Waals surface area contributed by atoms with Gasteiger partial charge < -0.3 is 14.7 Å². The SMILES string of the molecule is CN(SC1=C(CS(=O)CC(=O)O)SCC=C1)c1cccc2c1NCC(c1nccs1)=C2. The summed E-state index contributed by atoms with van der Waals surface area (Å²) in [5.74, 6) is -0.290. The number of anilines is 2. The molecule has 0 amide bonds. The Morgan fingerprint density at radius 2 is 2.29 bits per heavy atom. The molecule has 2 aliphatic rings. The zero-order valence-corrected chi connectivity index (χ0v) is 20.0. The second kappa shape index (κ2) is 10.1. The molecule has 6 nitrogen and oxygen atoms in total. The Labute approximate surface area is 196 Å². The first-order valence-electron chi connectivity index (χ1n) is 9.49. The van der Waals surface area contributed by atoms with E-state index in [1.807, 2.05) is 30.8 Å². The van der Waals surface area contributed by atoms with Gasteiger partial charge in [-0.25, -0.2) is 4.98 Å². The Hall–Kier alpha value is -2.01. The number of para-hydroxylation sites is 1. The van der Waals surface area contributed by atoms with Gasteiger partial charge in [0, 0.05) is 62.7 Å². The van der Waals surface area contributed by atoms with Crippen LogP contribution in [0.25, 0.3) is 11.6 Å². The van der Waals surface area contributed by atoms with Crippen LogP contribution in [0.3, 0.4) is 0 Å². The van der Waals surface area contributed by atoms with Crippen LogP contribution < -0.4 is 9.62 Å². The molecular formula is C21H21N3O3S4. The van der Waals surface area contributed by atoms with Gasteiger partial charge in [-0.1, -0.05) is 18.2 Å². The largest absolute Gasteiger partial charge is 0.481 e. The molecular weight excluding hydrogens is 471 g/mol. The first-order valence-corrected chi connectivity index (χ1v) is 13.6. The number of nitrogens with one attached hydrogen (secondary N) is 1. The van der Waals surface area contributed by atoms with Gasteiger partial charge >= 0.3 is 5.97 Å². The average Bonchev–Trinajstić information content (AvgIpc) is 3.28. The van der Waals surface area contributed by atoms with E-state index in [-0.39, 0.29) is 11.5 Å². The lowest BCUT2D eigenvalue weighted by Crippen LogP contribution is -2.16. The maximum Gasteiger partial charge on any atom is 0.316 e. The van der Waals surface area contributed by atoms with Gasteiger partial charge in [0.15, 0.2) is 0 Å². The molecule has 0 bridgehead atoms. The highest BCUT2D eigenvalue weighted by atomic mass is 32.2. The number of carbonyl (C=O) groups is 1. The average molecular weight is 492 g/mol. The van der Waals surface area contributed by atoms with Crippen LogP contribution in [-0.2, 0) is 15.6 Å². The van der Waals surface area contributed by atoms with Gasteiger partial charge in [-0.05, 0) is 30.2 Å². The maximum absolute atomic E-state index is 12.2. The molecule has 31 heavy (non-hydrogen) atoms. The van der Waals surface area contributed by atoms with Crippen LogP contribution in [0.2, 0.25) is 0 Å². The molecule has 0 saturated carbocycles. The molecule has 0 fully saturated rings. The summed E-state index contributed by atoms with van der Waals surface area (Å²) >= 11 is 4.82. The summed E-state index contributed by atoms with van der Waals surface area (Å²) in [7, 11) is 0.590. The highest BCUT2D eigenvalue weighted by Crippen LogP contribution is 2.41. The third kappa shape index (κ3) is 5.43. The van der Waals surface area contributed by atoms with E-state index in [4.69, 9.17) is 5.11 Å². The molecule has 1 aromatic heterocycles. The van der Waals surface area contributed by atoms with Gasteiger partial charge in [0.1, 0.15) is 10.8 Å². The Morgan fingerprint density at radius 3 is 3.06 bits per heavy atom. The number of carboxylic acids is 1. The lowest BCUT2D eigenvalue weighted by atomic mass is 10.0. The van der Waals surface area contributed by atoms with Crippen molar-refractivity contribution in [1.82, 2.24) is 4.98 Å². The van der Waals surface area contributed by atoms with Crippen molar-refractivity contribution in [2.45, 2.75) is 0 Å². The van der Waals surface area contributed by atoms with E-state index in [1.165, 1.54) is 5.57 Å². The van der Waals surface area contributed by atoms with Crippen molar-refractivity contribution in [3.8, 4) is 0 Å². The molecule has 0 spiro atoms. The summed E-state index contributed by atoms with van der Waals surface area (Å²) in [4.78, 5) is 17.3. The van der Waals surface area contributed by atoms with Gasteiger partial charge in [-0.2, -0.15) is 0 Å². The van der Waals surface area contributed by atoms with Crippen molar-refractivity contribution in [3.05, 3.63) is 62.3 Å². The summed E-state index contributed by atoms with van der Waals surface area (Å²) in [6, 6.07) is 6.20. The molecule has 1 atom stereocenters. The number of nitrogens with zero attached hydrogens (tertiary/aromatic N) is 2. The van der Waals surface area contributed by atoms with Crippen LogP contribution in [0.5, 0.6) is 0 Å². The maximum atomic E-state index is 12.2. The minimum absolute atomic E-state index is 0.266. The van der Waals surface area contributed by atoms with Crippen molar-refractivity contribution in [3.63, 3.8) is 0 Å². The fraction of sp³-hybridized carbons (Fsp3) is 0.238. The fourth-order valence-electron chi connectivity index (χ4n) is 3.27. The molecule has 0 saturated heterocycles. The zero-order chi connectivity index (χ0) is 21.8. The summed E-state index contributed by atoms with van der Waals surface area (Å²) in [6.45, 7) is 0.716. The highest BCUT2D eigenvalue weighted by molar-refractivity contribution is 8.08. The Kier molecular flexibility index (Phi) is 7.21. The highest BCUT2D eigenvalue weighted by Gasteiger charge is 2.20. The number of rotatable bonds is 8. The first kappa shape index (κ1) is 22.2. The van der Waals surface area contributed by atoms with Crippen LogP contribution in [-0.4, -0.2) is 51.1 Å². The van der Waals surface area contributed by atoms with Gasteiger partial charge in [0.2, 0.25) is 0 Å². The Morgan fingerprint density at radius 1 is 1.42 bits per heavy atom. The number of aliphatic carboxylic acids is 1. The molecule has 1 unspecified atom stereocenters. The molecule has 2 aromatic rings. The van der Waals surface area contributed by atoms with Crippen molar-refractivity contribution in [1.29, 1.82) is 0 Å². The quantitative estimate of drug-likeness (QED) is 0.521. The molecule has 1 aromatic carbocycles. The monoisotopic (exact) mass is 491 g/mol. The second-order valence-electron chi connectivity index (χ2n) is 6.81. The molecule has 0 radical (unpaired) electrons.